The van der Waals surface area contributed by atoms with Crippen LogP contribution in [0.5, 0.6) is 0 Å². The summed E-state index contributed by atoms with van der Waals surface area (Å²) in [6, 6.07) is 14.3. The summed E-state index contributed by atoms with van der Waals surface area (Å²) in [4.78, 5) is 22.7. The van der Waals surface area contributed by atoms with Gasteiger partial charge in [0.05, 0.1) is 25.3 Å². The van der Waals surface area contributed by atoms with Gasteiger partial charge in [0.1, 0.15) is 0 Å². The third-order valence-corrected chi connectivity index (χ3v) is 3.35. The number of benzene rings is 2. The molecule has 0 unspecified atom stereocenters. The molecular formula is C20H18O4. The predicted octanol–water partition coefficient (Wildman–Crippen LogP) is 3.99. The van der Waals surface area contributed by atoms with Crippen LogP contribution in [0.1, 0.15) is 31.8 Å². The second-order valence-electron chi connectivity index (χ2n) is 4.95. The van der Waals surface area contributed by atoms with E-state index in [1.54, 1.807) is 24.3 Å². The lowest BCUT2D eigenvalue weighted by atomic mass is 10.1. The Labute approximate surface area is 141 Å². The highest BCUT2D eigenvalue weighted by Crippen LogP contribution is 2.09. The highest BCUT2D eigenvalue weighted by atomic mass is 16.5. The number of methoxy groups -OCH3 is 2. The van der Waals surface area contributed by atoms with Crippen molar-refractivity contribution >= 4 is 24.1 Å². The highest BCUT2D eigenvalue weighted by molar-refractivity contribution is 5.90. The molecule has 0 saturated heterocycles. The van der Waals surface area contributed by atoms with Gasteiger partial charge >= 0.3 is 11.9 Å². The van der Waals surface area contributed by atoms with E-state index in [2.05, 4.69) is 9.47 Å². The molecule has 0 N–H and O–H groups in total. The molecule has 0 bridgehead atoms. The van der Waals surface area contributed by atoms with Crippen LogP contribution in [0.4, 0.5) is 0 Å². The van der Waals surface area contributed by atoms with Crippen LogP contribution in [-0.4, -0.2) is 26.2 Å². The molecule has 2 rings (SSSR count). The van der Waals surface area contributed by atoms with Crippen molar-refractivity contribution in [2.24, 2.45) is 0 Å². The van der Waals surface area contributed by atoms with E-state index in [0.717, 1.165) is 11.1 Å². The molecule has 2 aromatic carbocycles. The molecular weight excluding hydrogens is 304 g/mol. The van der Waals surface area contributed by atoms with Crippen LogP contribution in [0.25, 0.3) is 12.2 Å². The number of allylic oxidation sites excluding steroid dienone is 2. The molecule has 0 saturated carbocycles. The minimum Gasteiger partial charge on any atom is -0.465 e. The molecule has 0 spiro atoms. The van der Waals surface area contributed by atoms with Gasteiger partial charge in [0.2, 0.25) is 0 Å². The van der Waals surface area contributed by atoms with E-state index in [1.807, 2.05) is 48.6 Å². The van der Waals surface area contributed by atoms with Crippen LogP contribution in [0, 0.1) is 0 Å². The van der Waals surface area contributed by atoms with Crippen LogP contribution in [0.3, 0.4) is 0 Å². The Balaban J connectivity index is 1.96. The maximum atomic E-state index is 11.3. The zero-order chi connectivity index (χ0) is 17.4. The van der Waals surface area contributed by atoms with Crippen LogP contribution in [0.2, 0.25) is 0 Å². The molecule has 24 heavy (non-hydrogen) atoms. The van der Waals surface area contributed by atoms with E-state index in [9.17, 15) is 9.59 Å². The van der Waals surface area contributed by atoms with Crippen LogP contribution in [0.15, 0.2) is 60.7 Å². The summed E-state index contributed by atoms with van der Waals surface area (Å²) in [5.41, 5.74) is 3.01. The molecule has 0 aliphatic heterocycles. The van der Waals surface area contributed by atoms with Crippen molar-refractivity contribution in [1.29, 1.82) is 0 Å². The van der Waals surface area contributed by atoms with E-state index >= 15 is 0 Å². The summed E-state index contributed by atoms with van der Waals surface area (Å²) in [5.74, 6) is -0.693. The smallest absolute Gasteiger partial charge is 0.337 e. The Morgan fingerprint density at radius 2 is 1.00 bits per heavy atom. The van der Waals surface area contributed by atoms with Gasteiger partial charge in [0.25, 0.3) is 0 Å². The van der Waals surface area contributed by atoms with Gasteiger partial charge in [0, 0.05) is 0 Å². The molecule has 4 heteroatoms. The molecule has 4 nitrogen and oxygen atoms in total. The Bertz CT molecular complexity index is 686. The van der Waals surface area contributed by atoms with Crippen molar-refractivity contribution in [1.82, 2.24) is 0 Å². The molecule has 0 aliphatic carbocycles. The summed E-state index contributed by atoms with van der Waals surface area (Å²) in [7, 11) is 2.72. The first-order valence-electron chi connectivity index (χ1n) is 7.35. The van der Waals surface area contributed by atoms with Gasteiger partial charge in [-0.3, -0.25) is 0 Å². The first-order chi connectivity index (χ1) is 11.6. The van der Waals surface area contributed by atoms with Crippen molar-refractivity contribution < 1.29 is 19.1 Å². The van der Waals surface area contributed by atoms with E-state index in [1.165, 1.54) is 14.2 Å². The Kier molecular flexibility index (Phi) is 6.08. The maximum Gasteiger partial charge on any atom is 0.337 e. The second-order valence-corrected chi connectivity index (χ2v) is 4.95. The summed E-state index contributed by atoms with van der Waals surface area (Å²) in [6.45, 7) is 0. The second kappa shape index (κ2) is 8.48. The van der Waals surface area contributed by atoms with Gasteiger partial charge in [0.15, 0.2) is 0 Å². The van der Waals surface area contributed by atoms with Gasteiger partial charge in [-0.05, 0) is 35.4 Å². The first kappa shape index (κ1) is 17.2. The van der Waals surface area contributed by atoms with Crippen molar-refractivity contribution in [3.63, 3.8) is 0 Å². The van der Waals surface area contributed by atoms with Crippen molar-refractivity contribution in [3.05, 3.63) is 82.9 Å². The summed E-state index contributed by atoms with van der Waals surface area (Å²) < 4.78 is 9.31. The van der Waals surface area contributed by atoms with E-state index in [-0.39, 0.29) is 11.9 Å². The summed E-state index contributed by atoms with van der Waals surface area (Å²) >= 11 is 0. The van der Waals surface area contributed by atoms with Gasteiger partial charge in [-0.25, -0.2) is 9.59 Å². The highest BCUT2D eigenvalue weighted by Gasteiger charge is 2.03. The largest absolute Gasteiger partial charge is 0.465 e. The quantitative estimate of drug-likeness (QED) is 0.617. The number of hydrogen-bond acceptors (Lipinski definition) is 4. The minimum atomic E-state index is -0.346. The lowest BCUT2D eigenvalue weighted by Gasteiger charge is -1.99. The average Bonchev–Trinajstić information content (AvgIpc) is 2.65. The predicted molar refractivity (Wildman–Crippen MR) is 93.6 cm³/mol. The normalized spacial score (nSPS) is 10.9. The van der Waals surface area contributed by atoms with E-state index < -0.39 is 0 Å². The fourth-order valence-corrected chi connectivity index (χ4v) is 2.03. The van der Waals surface area contributed by atoms with Crippen molar-refractivity contribution in [3.8, 4) is 0 Å². The molecule has 0 atom stereocenters. The monoisotopic (exact) mass is 322 g/mol. The van der Waals surface area contributed by atoms with E-state index in [0.29, 0.717) is 11.1 Å². The molecule has 0 aromatic heterocycles. The lowest BCUT2D eigenvalue weighted by molar-refractivity contribution is 0.0592. The maximum absolute atomic E-state index is 11.3. The first-order valence-corrected chi connectivity index (χ1v) is 7.35. The molecule has 0 fully saturated rings. The van der Waals surface area contributed by atoms with Crippen molar-refractivity contribution in [2.45, 2.75) is 0 Å². The number of ether oxygens (including phenoxy) is 2. The number of hydrogen-bond donors (Lipinski definition) is 0. The molecule has 0 aliphatic rings. The van der Waals surface area contributed by atoms with E-state index in [4.69, 9.17) is 0 Å². The summed E-state index contributed by atoms with van der Waals surface area (Å²) in [6.07, 6.45) is 7.67. The number of carbonyl (C=O) groups is 2. The molecule has 122 valence electrons. The molecule has 0 radical (unpaired) electrons. The standard InChI is InChI=1S/C20H18O4/c1-23-19(21)17-11-7-15(8-12-17)5-3-4-6-16-9-13-18(14-10-16)20(22)24-2/h3-14H,1-2H3/b5-3+,6-4+. The SMILES string of the molecule is COC(=O)c1ccc(/C=C/C=C/c2ccc(C(=O)OC)cc2)cc1. The van der Waals surface area contributed by atoms with Crippen LogP contribution in [-0.2, 0) is 9.47 Å². The summed E-state index contributed by atoms with van der Waals surface area (Å²) in [5, 5.41) is 0. The fourth-order valence-electron chi connectivity index (χ4n) is 2.03. The zero-order valence-corrected chi connectivity index (χ0v) is 13.6. The molecule has 2 aromatic rings. The third-order valence-electron chi connectivity index (χ3n) is 3.35. The number of carbonyl (C=O) groups excluding carboxylic acids is 2. The Morgan fingerprint density at radius 3 is 1.29 bits per heavy atom. The van der Waals surface area contributed by atoms with Gasteiger partial charge in [-0.2, -0.15) is 0 Å². The van der Waals surface area contributed by atoms with Gasteiger partial charge in [-0.15, -0.1) is 0 Å². The Morgan fingerprint density at radius 1 is 0.667 bits per heavy atom. The lowest BCUT2D eigenvalue weighted by Crippen LogP contribution is -2.00. The minimum absolute atomic E-state index is 0.346. The molecule has 0 heterocycles. The molecule has 0 amide bonds. The van der Waals surface area contributed by atoms with Gasteiger partial charge < -0.3 is 9.47 Å². The number of rotatable bonds is 5. The van der Waals surface area contributed by atoms with Crippen LogP contribution >= 0.6 is 0 Å². The van der Waals surface area contributed by atoms with Gasteiger partial charge in [-0.1, -0.05) is 48.6 Å². The average molecular weight is 322 g/mol. The fraction of sp³-hybridized carbons (Fsp3) is 0.100. The van der Waals surface area contributed by atoms with Crippen molar-refractivity contribution in [2.75, 3.05) is 14.2 Å². The van der Waals surface area contributed by atoms with Crippen LogP contribution < -0.4 is 0 Å². The Hall–Kier alpha value is -3.14. The third kappa shape index (κ3) is 4.68. The topological polar surface area (TPSA) is 52.6 Å². The zero-order valence-electron chi connectivity index (χ0n) is 13.6. The number of esters is 2.